The Morgan fingerprint density at radius 1 is 0.562 bits per heavy atom. The van der Waals surface area contributed by atoms with Crippen LogP contribution in [0.2, 0.25) is 0 Å². The minimum Gasteiger partial charge on any atom is -0.309 e. The minimum absolute atomic E-state index is 1.09. The molecule has 0 saturated carbocycles. The van der Waals surface area contributed by atoms with E-state index in [1.54, 1.807) is 11.3 Å². The SMILES string of the molecule is c1cc(-c2cnc3sc4ccccc4c3c2)cc(-n2c3ccccc3c3ccccc32)c1. The molecule has 150 valence electrons. The van der Waals surface area contributed by atoms with Gasteiger partial charge in [0.05, 0.1) is 11.0 Å². The Kier molecular flexibility index (Phi) is 3.75. The summed E-state index contributed by atoms with van der Waals surface area (Å²) in [6, 6.07) is 36.9. The van der Waals surface area contributed by atoms with Crippen molar-refractivity contribution in [2.45, 2.75) is 0 Å². The van der Waals surface area contributed by atoms with Crippen molar-refractivity contribution < 1.29 is 0 Å². The fraction of sp³-hybridized carbons (Fsp3) is 0. The van der Waals surface area contributed by atoms with Crippen molar-refractivity contribution in [3.8, 4) is 16.8 Å². The Balaban J connectivity index is 1.45. The summed E-state index contributed by atoms with van der Waals surface area (Å²) < 4.78 is 3.64. The third kappa shape index (κ3) is 2.55. The highest BCUT2D eigenvalue weighted by molar-refractivity contribution is 7.25. The summed E-state index contributed by atoms with van der Waals surface area (Å²) in [5.41, 5.74) is 5.93. The van der Waals surface area contributed by atoms with Crippen molar-refractivity contribution in [1.29, 1.82) is 0 Å². The van der Waals surface area contributed by atoms with Gasteiger partial charge in [-0.25, -0.2) is 4.98 Å². The second kappa shape index (κ2) is 6.78. The second-order valence-corrected chi connectivity index (χ2v) is 9.13. The molecule has 0 saturated heterocycles. The number of fused-ring (bicyclic) bond motifs is 6. The number of para-hydroxylation sites is 2. The van der Waals surface area contributed by atoms with Crippen LogP contribution < -0.4 is 0 Å². The lowest BCUT2D eigenvalue weighted by molar-refractivity contribution is 1.18. The van der Waals surface area contributed by atoms with Crippen LogP contribution in [0.4, 0.5) is 0 Å². The lowest BCUT2D eigenvalue weighted by atomic mass is 10.0. The predicted octanol–water partition coefficient (Wildman–Crippen LogP) is 8.21. The molecule has 0 aliphatic rings. The fourth-order valence-electron chi connectivity index (χ4n) is 4.79. The zero-order valence-corrected chi connectivity index (χ0v) is 18.0. The molecule has 3 aromatic heterocycles. The van der Waals surface area contributed by atoms with Crippen molar-refractivity contribution >= 4 is 53.4 Å². The van der Waals surface area contributed by atoms with Crippen LogP contribution in [0.3, 0.4) is 0 Å². The lowest BCUT2D eigenvalue weighted by Gasteiger charge is -2.10. The highest BCUT2D eigenvalue weighted by Crippen LogP contribution is 2.36. The quantitative estimate of drug-likeness (QED) is 0.272. The first-order valence-corrected chi connectivity index (χ1v) is 11.5. The molecule has 2 nitrogen and oxygen atoms in total. The van der Waals surface area contributed by atoms with Crippen LogP contribution in [0.25, 0.3) is 58.9 Å². The van der Waals surface area contributed by atoms with Crippen LogP contribution in [-0.2, 0) is 0 Å². The van der Waals surface area contributed by atoms with Gasteiger partial charge in [0.2, 0.25) is 0 Å². The summed E-state index contributed by atoms with van der Waals surface area (Å²) in [5, 5.41) is 5.06. The van der Waals surface area contributed by atoms with E-state index in [0.717, 1.165) is 16.1 Å². The molecule has 0 spiro atoms. The number of pyridine rings is 1. The molecule has 0 N–H and O–H groups in total. The van der Waals surface area contributed by atoms with E-state index in [4.69, 9.17) is 4.98 Å². The number of hydrogen-bond donors (Lipinski definition) is 0. The summed E-state index contributed by atoms with van der Waals surface area (Å²) in [5.74, 6) is 0. The summed E-state index contributed by atoms with van der Waals surface area (Å²) in [6.45, 7) is 0. The molecule has 7 rings (SSSR count). The van der Waals surface area contributed by atoms with Gasteiger partial charge in [0, 0.05) is 43.7 Å². The van der Waals surface area contributed by atoms with Crippen LogP contribution in [0.15, 0.2) is 109 Å². The van der Waals surface area contributed by atoms with Crippen LogP contribution >= 0.6 is 11.3 Å². The van der Waals surface area contributed by atoms with Crippen LogP contribution in [0, 0.1) is 0 Å². The molecule has 4 aromatic carbocycles. The van der Waals surface area contributed by atoms with E-state index in [2.05, 4.69) is 108 Å². The molecule has 3 heterocycles. The number of benzene rings is 4. The maximum absolute atomic E-state index is 4.80. The molecule has 0 aliphatic carbocycles. The summed E-state index contributed by atoms with van der Waals surface area (Å²) in [4.78, 5) is 5.89. The smallest absolute Gasteiger partial charge is 0.124 e. The summed E-state index contributed by atoms with van der Waals surface area (Å²) in [6.07, 6.45) is 2.00. The van der Waals surface area contributed by atoms with E-state index < -0.39 is 0 Å². The fourth-order valence-corrected chi connectivity index (χ4v) is 5.82. The second-order valence-electron chi connectivity index (χ2n) is 8.09. The van der Waals surface area contributed by atoms with E-state index >= 15 is 0 Å². The van der Waals surface area contributed by atoms with Gasteiger partial charge >= 0.3 is 0 Å². The summed E-state index contributed by atoms with van der Waals surface area (Å²) >= 11 is 1.75. The summed E-state index contributed by atoms with van der Waals surface area (Å²) in [7, 11) is 0. The molecule has 3 heteroatoms. The van der Waals surface area contributed by atoms with E-state index in [9.17, 15) is 0 Å². The molecular weight excluding hydrogens is 408 g/mol. The first-order chi connectivity index (χ1) is 15.9. The zero-order valence-electron chi connectivity index (χ0n) is 17.2. The van der Waals surface area contributed by atoms with Crippen LogP contribution in [0.1, 0.15) is 0 Å². The van der Waals surface area contributed by atoms with Crippen molar-refractivity contribution in [1.82, 2.24) is 9.55 Å². The van der Waals surface area contributed by atoms with Gasteiger partial charge in [-0.3, -0.25) is 0 Å². The topological polar surface area (TPSA) is 17.8 Å². The van der Waals surface area contributed by atoms with E-state index in [1.807, 2.05) is 6.20 Å². The van der Waals surface area contributed by atoms with Crippen molar-refractivity contribution in [2.24, 2.45) is 0 Å². The van der Waals surface area contributed by atoms with Gasteiger partial charge < -0.3 is 4.57 Å². The van der Waals surface area contributed by atoms with Gasteiger partial charge in [-0.05, 0) is 42.0 Å². The maximum atomic E-state index is 4.80. The largest absolute Gasteiger partial charge is 0.309 e. The maximum Gasteiger partial charge on any atom is 0.124 e. The predicted molar refractivity (Wildman–Crippen MR) is 137 cm³/mol. The van der Waals surface area contributed by atoms with E-state index in [1.165, 1.54) is 42.8 Å². The zero-order chi connectivity index (χ0) is 21.1. The van der Waals surface area contributed by atoms with Gasteiger partial charge in [0.15, 0.2) is 0 Å². The highest BCUT2D eigenvalue weighted by atomic mass is 32.1. The first-order valence-electron chi connectivity index (χ1n) is 10.7. The molecule has 0 amide bonds. The molecule has 32 heavy (non-hydrogen) atoms. The van der Waals surface area contributed by atoms with Gasteiger partial charge in [-0.1, -0.05) is 66.7 Å². The Morgan fingerprint density at radius 2 is 1.25 bits per heavy atom. The highest BCUT2D eigenvalue weighted by Gasteiger charge is 2.13. The molecule has 0 radical (unpaired) electrons. The number of hydrogen-bond acceptors (Lipinski definition) is 2. The molecule has 0 unspecified atom stereocenters. The van der Waals surface area contributed by atoms with Gasteiger partial charge in [0.25, 0.3) is 0 Å². The van der Waals surface area contributed by atoms with Gasteiger partial charge in [-0.2, -0.15) is 0 Å². The molecule has 0 atom stereocenters. The van der Waals surface area contributed by atoms with Crippen molar-refractivity contribution in [3.05, 3.63) is 109 Å². The molecular formula is C29H18N2S. The average Bonchev–Trinajstić information content (AvgIpc) is 3.39. The molecule has 7 aromatic rings. The number of rotatable bonds is 2. The normalized spacial score (nSPS) is 11.8. The Morgan fingerprint density at radius 3 is 2.03 bits per heavy atom. The third-order valence-corrected chi connectivity index (χ3v) is 7.35. The van der Waals surface area contributed by atoms with Crippen molar-refractivity contribution in [3.63, 3.8) is 0 Å². The Labute approximate surface area is 189 Å². The molecule has 0 aliphatic heterocycles. The molecule has 0 fully saturated rings. The van der Waals surface area contributed by atoms with Gasteiger partial charge in [-0.15, -0.1) is 11.3 Å². The standard InChI is InChI=1S/C29H18N2S/c1-4-13-26-22(10-1)23-11-2-5-14-27(23)31(26)21-9-7-8-19(16-21)20-17-25-24-12-3-6-15-28(24)32-29(25)30-18-20/h1-18H. The number of nitrogens with zero attached hydrogens (tertiary/aromatic N) is 2. The number of aromatic nitrogens is 2. The Bertz CT molecular complexity index is 1730. The van der Waals surface area contributed by atoms with Crippen molar-refractivity contribution in [2.75, 3.05) is 0 Å². The van der Waals surface area contributed by atoms with Crippen LogP contribution in [-0.4, -0.2) is 9.55 Å². The lowest BCUT2D eigenvalue weighted by Crippen LogP contribution is -1.94. The van der Waals surface area contributed by atoms with Crippen LogP contribution in [0.5, 0.6) is 0 Å². The third-order valence-electron chi connectivity index (χ3n) is 6.25. The van der Waals surface area contributed by atoms with E-state index in [-0.39, 0.29) is 0 Å². The average molecular weight is 427 g/mol. The number of thiophene rings is 1. The monoisotopic (exact) mass is 426 g/mol. The van der Waals surface area contributed by atoms with E-state index in [0.29, 0.717) is 0 Å². The Hall–Kier alpha value is -3.95. The minimum atomic E-state index is 1.09. The first kappa shape index (κ1) is 17.7. The van der Waals surface area contributed by atoms with Gasteiger partial charge in [0.1, 0.15) is 4.83 Å². The molecule has 0 bridgehead atoms.